The van der Waals surface area contributed by atoms with Crippen molar-refractivity contribution in [3.8, 4) is 0 Å². The molecular weight excluding hydrogens is 360 g/mol. The summed E-state index contributed by atoms with van der Waals surface area (Å²) in [6.45, 7) is 0. The first-order chi connectivity index (χ1) is 13.2. The fraction of sp³-hybridized carbons (Fsp3) is 0. The Bertz CT molecular complexity index is 1350. The van der Waals surface area contributed by atoms with Crippen molar-refractivity contribution in [2.45, 2.75) is 0 Å². The minimum atomic E-state index is -0.434. The van der Waals surface area contributed by atoms with Crippen LogP contribution in [0.2, 0.25) is 0 Å². The molecule has 1 N–H and O–H groups in total. The van der Waals surface area contributed by atoms with E-state index in [0.29, 0.717) is 5.69 Å². The fourth-order valence-corrected chi connectivity index (χ4v) is 4.29. The molecule has 0 spiro atoms. The zero-order chi connectivity index (χ0) is 18.4. The van der Waals surface area contributed by atoms with Crippen LogP contribution in [0.15, 0.2) is 77.1 Å². The number of nitrogens with one attached hydrogen (secondary N) is 1. The van der Waals surface area contributed by atoms with E-state index in [2.05, 4.69) is 45.5 Å². The summed E-state index contributed by atoms with van der Waals surface area (Å²) in [6, 6.07) is 18.7. The van der Waals surface area contributed by atoms with Crippen LogP contribution >= 0.6 is 11.3 Å². The Balaban J connectivity index is 1.57. The highest BCUT2D eigenvalue weighted by molar-refractivity contribution is 7.25. The molecule has 27 heavy (non-hydrogen) atoms. The van der Waals surface area contributed by atoms with Gasteiger partial charge in [-0.3, -0.25) is 10.1 Å². The third-order valence-electron chi connectivity index (χ3n) is 4.49. The normalized spacial score (nSPS) is 11.9. The van der Waals surface area contributed by atoms with E-state index in [0.717, 1.165) is 16.6 Å². The number of nitro benzene ring substituents is 1. The molecule has 0 aliphatic rings. The van der Waals surface area contributed by atoms with Gasteiger partial charge in [-0.2, -0.15) is 5.11 Å². The van der Waals surface area contributed by atoms with Gasteiger partial charge in [-0.25, -0.2) is 0 Å². The van der Waals surface area contributed by atoms with E-state index in [9.17, 15) is 10.1 Å². The van der Waals surface area contributed by atoms with Gasteiger partial charge >= 0.3 is 0 Å². The van der Waals surface area contributed by atoms with Crippen LogP contribution in [0.1, 0.15) is 0 Å². The number of rotatable bonds is 3. The number of H-pyrrole nitrogens is 1. The Labute approximate surface area is 156 Å². The molecule has 130 valence electrons. The highest BCUT2D eigenvalue weighted by atomic mass is 32.1. The van der Waals surface area contributed by atoms with Crippen LogP contribution in [0.5, 0.6) is 0 Å². The van der Waals surface area contributed by atoms with Crippen molar-refractivity contribution in [2.24, 2.45) is 10.2 Å². The zero-order valence-electron chi connectivity index (χ0n) is 13.9. The summed E-state index contributed by atoms with van der Waals surface area (Å²) >= 11 is 1.76. The molecule has 5 aromatic rings. The van der Waals surface area contributed by atoms with E-state index in [4.69, 9.17) is 0 Å². The topological polar surface area (TPSA) is 83.7 Å². The van der Waals surface area contributed by atoms with Gasteiger partial charge in [-0.15, -0.1) is 16.5 Å². The summed E-state index contributed by atoms with van der Waals surface area (Å²) in [5.41, 5.74) is 2.34. The van der Waals surface area contributed by atoms with Gasteiger partial charge in [-0.05, 0) is 30.3 Å². The third-order valence-corrected chi connectivity index (χ3v) is 5.62. The fourth-order valence-electron chi connectivity index (χ4n) is 3.16. The Morgan fingerprint density at radius 2 is 1.70 bits per heavy atom. The maximum atomic E-state index is 10.7. The van der Waals surface area contributed by atoms with E-state index in [-0.39, 0.29) is 5.69 Å². The predicted octanol–water partition coefficient (Wildman–Crippen LogP) is 6.86. The molecule has 5 rings (SSSR count). The van der Waals surface area contributed by atoms with E-state index in [1.54, 1.807) is 23.5 Å². The standard InChI is InChI=1S/C20H12N4O2S/c25-24(26)13-7-5-12(6-8-13)22-23-18-11-21-17-9-15-14-3-1-2-4-19(14)27-20(15)10-16(17)18/h1-11,21H. The molecule has 2 aromatic heterocycles. The Hall–Kier alpha value is -3.58. The van der Waals surface area contributed by atoms with Crippen LogP contribution in [-0.2, 0) is 0 Å². The third kappa shape index (κ3) is 2.65. The first-order valence-corrected chi connectivity index (χ1v) is 9.09. The first kappa shape index (κ1) is 15.7. The molecule has 0 radical (unpaired) electrons. The lowest BCUT2D eigenvalue weighted by Crippen LogP contribution is -1.85. The van der Waals surface area contributed by atoms with Gasteiger partial charge in [0.25, 0.3) is 5.69 Å². The molecule has 7 heteroatoms. The highest BCUT2D eigenvalue weighted by Crippen LogP contribution is 2.38. The molecule has 0 aliphatic heterocycles. The Morgan fingerprint density at radius 3 is 2.52 bits per heavy atom. The molecule has 0 amide bonds. The van der Waals surface area contributed by atoms with Crippen LogP contribution in [0, 0.1) is 10.1 Å². The summed E-state index contributed by atoms with van der Waals surface area (Å²) in [7, 11) is 0. The number of aromatic nitrogens is 1. The number of hydrogen-bond acceptors (Lipinski definition) is 5. The molecule has 0 atom stereocenters. The van der Waals surface area contributed by atoms with E-state index < -0.39 is 4.92 Å². The van der Waals surface area contributed by atoms with Crippen molar-refractivity contribution >= 4 is 59.5 Å². The summed E-state index contributed by atoms with van der Waals surface area (Å²) in [5.74, 6) is 0. The van der Waals surface area contributed by atoms with Gasteiger partial charge in [0.1, 0.15) is 5.69 Å². The summed E-state index contributed by atoms with van der Waals surface area (Å²) in [4.78, 5) is 13.5. The largest absolute Gasteiger partial charge is 0.359 e. The minimum Gasteiger partial charge on any atom is -0.359 e. The van der Waals surface area contributed by atoms with Crippen LogP contribution in [0.25, 0.3) is 31.1 Å². The smallest absolute Gasteiger partial charge is 0.269 e. The van der Waals surface area contributed by atoms with Crippen molar-refractivity contribution in [1.29, 1.82) is 0 Å². The van der Waals surface area contributed by atoms with Crippen molar-refractivity contribution in [2.75, 3.05) is 0 Å². The maximum Gasteiger partial charge on any atom is 0.269 e. The Kier molecular flexibility index (Phi) is 3.48. The lowest BCUT2D eigenvalue weighted by molar-refractivity contribution is -0.384. The lowest BCUT2D eigenvalue weighted by Gasteiger charge is -1.95. The SMILES string of the molecule is O=[N+]([O-])c1ccc(N=Nc2c[nH]c3cc4c(cc23)sc2ccccc24)cc1. The van der Waals surface area contributed by atoms with Crippen molar-refractivity contribution in [3.63, 3.8) is 0 Å². The minimum absolute atomic E-state index is 0.0354. The second-order valence-electron chi connectivity index (χ2n) is 6.14. The number of aromatic amines is 1. The lowest BCUT2D eigenvalue weighted by atomic mass is 10.1. The molecule has 0 aliphatic carbocycles. The summed E-state index contributed by atoms with van der Waals surface area (Å²) < 4.78 is 2.46. The number of hydrogen-bond donors (Lipinski definition) is 1. The molecular formula is C20H12N4O2S. The molecule has 3 aromatic carbocycles. The van der Waals surface area contributed by atoms with Gasteiger partial charge < -0.3 is 4.98 Å². The Morgan fingerprint density at radius 1 is 0.889 bits per heavy atom. The number of benzene rings is 3. The van der Waals surface area contributed by atoms with E-state index >= 15 is 0 Å². The number of thiophene rings is 1. The second kappa shape index (κ2) is 6.00. The average Bonchev–Trinajstić information content (AvgIpc) is 3.25. The van der Waals surface area contributed by atoms with Crippen LogP contribution in [0.4, 0.5) is 17.1 Å². The van der Waals surface area contributed by atoms with Crippen molar-refractivity contribution in [1.82, 2.24) is 4.98 Å². The first-order valence-electron chi connectivity index (χ1n) is 8.27. The van der Waals surface area contributed by atoms with Gasteiger partial charge in [0.05, 0.1) is 10.6 Å². The summed E-state index contributed by atoms with van der Waals surface area (Å²) in [6.07, 6.45) is 1.82. The molecule has 0 saturated heterocycles. The van der Waals surface area contributed by atoms with Gasteiger partial charge in [0.2, 0.25) is 0 Å². The average molecular weight is 372 g/mol. The number of non-ortho nitro benzene ring substituents is 1. The van der Waals surface area contributed by atoms with Crippen LogP contribution in [0.3, 0.4) is 0 Å². The maximum absolute atomic E-state index is 10.7. The number of azo groups is 1. The monoisotopic (exact) mass is 372 g/mol. The van der Waals surface area contributed by atoms with Gasteiger partial charge in [0.15, 0.2) is 0 Å². The van der Waals surface area contributed by atoms with Gasteiger partial charge in [0, 0.05) is 49.4 Å². The van der Waals surface area contributed by atoms with Crippen LogP contribution in [-0.4, -0.2) is 9.91 Å². The molecule has 0 bridgehead atoms. The molecule has 0 unspecified atom stereocenters. The van der Waals surface area contributed by atoms with Crippen LogP contribution < -0.4 is 0 Å². The van der Waals surface area contributed by atoms with E-state index in [1.165, 1.54) is 32.3 Å². The molecule has 0 saturated carbocycles. The summed E-state index contributed by atoms with van der Waals surface area (Å²) in [5, 5.41) is 22.7. The number of nitro groups is 1. The quantitative estimate of drug-likeness (QED) is 0.213. The second-order valence-corrected chi connectivity index (χ2v) is 7.22. The van der Waals surface area contributed by atoms with Gasteiger partial charge in [-0.1, -0.05) is 18.2 Å². The number of nitrogens with zero attached hydrogens (tertiary/aromatic N) is 3. The number of fused-ring (bicyclic) bond motifs is 4. The molecule has 6 nitrogen and oxygen atoms in total. The van der Waals surface area contributed by atoms with E-state index in [1.807, 2.05) is 12.3 Å². The zero-order valence-corrected chi connectivity index (χ0v) is 14.7. The van der Waals surface area contributed by atoms with Crippen molar-refractivity contribution in [3.05, 3.63) is 77.0 Å². The predicted molar refractivity (Wildman–Crippen MR) is 108 cm³/mol. The molecule has 2 heterocycles. The highest BCUT2D eigenvalue weighted by Gasteiger charge is 2.10. The molecule has 0 fully saturated rings. The van der Waals surface area contributed by atoms with Crippen molar-refractivity contribution < 1.29 is 4.92 Å².